The molecule has 0 unspecified atom stereocenters. The minimum atomic E-state index is -0.350. The first kappa shape index (κ1) is 14.6. The van der Waals surface area contributed by atoms with Gasteiger partial charge in [-0.05, 0) is 30.7 Å². The molecule has 20 heavy (non-hydrogen) atoms. The highest BCUT2D eigenvalue weighted by Gasteiger charge is 2.31. The second-order valence-corrected chi connectivity index (χ2v) is 5.69. The van der Waals surface area contributed by atoms with Crippen LogP contribution in [0.25, 0.3) is 0 Å². The van der Waals surface area contributed by atoms with Crippen LogP contribution in [-0.4, -0.2) is 18.5 Å². The summed E-state index contributed by atoms with van der Waals surface area (Å²) in [6.45, 7) is 3.13. The molecule has 2 rings (SSSR count). The topological polar surface area (TPSA) is 67.2 Å². The van der Waals surface area contributed by atoms with Gasteiger partial charge >= 0.3 is 0 Å². The van der Waals surface area contributed by atoms with E-state index in [1.165, 1.54) is 25.7 Å². The van der Waals surface area contributed by atoms with Crippen molar-refractivity contribution in [2.75, 3.05) is 24.2 Å². The third kappa shape index (κ3) is 3.21. The molecule has 0 saturated heterocycles. The van der Waals surface area contributed by atoms with Crippen molar-refractivity contribution in [1.29, 1.82) is 0 Å². The third-order valence-corrected chi connectivity index (χ3v) is 4.50. The molecule has 5 nitrogen and oxygen atoms in total. The first-order valence-corrected chi connectivity index (χ1v) is 7.30. The molecule has 0 radical (unpaired) electrons. The summed E-state index contributed by atoms with van der Waals surface area (Å²) in [5, 5.41) is 17.3. The fraction of sp³-hybridized carbons (Fsp3) is 0.600. The molecule has 1 aliphatic rings. The maximum atomic E-state index is 11.0. The number of benzene rings is 1. The highest BCUT2D eigenvalue weighted by Crippen LogP contribution is 2.41. The summed E-state index contributed by atoms with van der Waals surface area (Å²) in [6, 6.07) is 5.08. The summed E-state index contributed by atoms with van der Waals surface area (Å²) in [5.74, 6) is 0. The van der Waals surface area contributed by atoms with Crippen LogP contribution in [0, 0.1) is 15.5 Å². The second kappa shape index (κ2) is 6.11. The SMILES string of the molecule is CCC1(CNc2cc(NC)cc([N+](=O)[O-])c2)CCCC1. The first-order chi connectivity index (χ1) is 9.58. The van der Waals surface area contributed by atoms with Gasteiger partial charge in [-0.2, -0.15) is 0 Å². The van der Waals surface area contributed by atoms with E-state index in [0.717, 1.165) is 24.3 Å². The third-order valence-electron chi connectivity index (χ3n) is 4.50. The molecular weight excluding hydrogens is 254 g/mol. The summed E-state index contributed by atoms with van der Waals surface area (Å²) in [7, 11) is 1.77. The molecule has 1 aromatic carbocycles. The Labute approximate surface area is 119 Å². The average Bonchev–Trinajstić information content (AvgIpc) is 2.94. The number of rotatable bonds is 6. The van der Waals surface area contributed by atoms with Gasteiger partial charge in [-0.3, -0.25) is 10.1 Å². The van der Waals surface area contributed by atoms with Crippen LogP contribution in [-0.2, 0) is 0 Å². The zero-order chi connectivity index (χ0) is 14.6. The predicted octanol–water partition coefficient (Wildman–Crippen LogP) is 4.02. The Kier molecular flexibility index (Phi) is 4.47. The van der Waals surface area contributed by atoms with Crippen molar-refractivity contribution in [2.45, 2.75) is 39.0 Å². The molecule has 0 aliphatic heterocycles. The quantitative estimate of drug-likeness (QED) is 0.608. The molecule has 0 heterocycles. The number of nitro benzene ring substituents is 1. The fourth-order valence-electron chi connectivity index (χ4n) is 3.03. The van der Waals surface area contributed by atoms with E-state index in [9.17, 15) is 10.1 Å². The van der Waals surface area contributed by atoms with Crippen molar-refractivity contribution in [1.82, 2.24) is 0 Å². The molecule has 2 N–H and O–H groups in total. The van der Waals surface area contributed by atoms with Crippen LogP contribution < -0.4 is 10.6 Å². The lowest BCUT2D eigenvalue weighted by molar-refractivity contribution is -0.384. The van der Waals surface area contributed by atoms with Gasteiger partial charge in [0.05, 0.1) is 4.92 Å². The van der Waals surface area contributed by atoms with Crippen molar-refractivity contribution >= 4 is 17.1 Å². The Bertz CT molecular complexity index is 482. The number of non-ortho nitro benzene ring substituents is 1. The predicted molar refractivity (Wildman–Crippen MR) is 82.3 cm³/mol. The number of hydrogen-bond acceptors (Lipinski definition) is 4. The molecule has 0 bridgehead atoms. The molecule has 0 amide bonds. The monoisotopic (exact) mass is 277 g/mol. The minimum Gasteiger partial charge on any atom is -0.388 e. The highest BCUT2D eigenvalue weighted by atomic mass is 16.6. The van der Waals surface area contributed by atoms with Gasteiger partial charge in [0.1, 0.15) is 0 Å². The Balaban J connectivity index is 2.12. The Morgan fingerprint density at radius 1 is 1.25 bits per heavy atom. The minimum absolute atomic E-state index is 0.122. The number of nitrogens with one attached hydrogen (secondary N) is 2. The van der Waals surface area contributed by atoms with Gasteiger partial charge in [0.25, 0.3) is 5.69 Å². The van der Waals surface area contributed by atoms with Crippen LogP contribution in [0.2, 0.25) is 0 Å². The molecule has 0 atom stereocenters. The van der Waals surface area contributed by atoms with E-state index >= 15 is 0 Å². The molecule has 1 aliphatic carbocycles. The normalized spacial score (nSPS) is 16.9. The summed E-state index contributed by atoms with van der Waals surface area (Å²) in [5.41, 5.74) is 2.07. The molecule has 1 fully saturated rings. The number of anilines is 2. The van der Waals surface area contributed by atoms with Gasteiger partial charge in [0.2, 0.25) is 0 Å². The zero-order valence-electron chi connectivity index (χ0n) is 12.2. The van der Waals surface area contributed by atoms with Crippen LogP contribution in [0.4, 0.5) is 17.1 Å². The van der Waals surface area contributed by atoms with Gasteiger partial charge in [0.15, 0.2) is 0 Å². The average molecular weight is 277 g/mol. The fourth-order valence-corrected chi connectivity index (χ4v) is 3.03. The maximum absolute atomic E-state index is 11.0. The maximum Gasteiger partial charge on any atom is 0.273 e. The van der Waals surface area contributed by atoms with Gasteiger partial charge in [-0.1, -0.05) is 19.8 Å². The Morgan fingerprint density at radius 2 is 1.90 bits per heavy atom. The molecule has 5 heteroatoms. The number of nitro groups is 1. The molecule has 0 spiro atoms. The van der Waals surface area contributed by atoms with E-state index in [1.807, 2.05) is 6.07 Å². The summed E-state index contributed by atoms with van der Waals surface area (Å²) in [4.78, 5) is 10.6. The van der Waals surface area contributed by atoms with E-state index in [1.54, 1.807) is 19.2 Å². The summed E-state index contributed by atoms with van der Waals surface area (Å²) < 4.78 is 0. The van der Waals surface area contributed by atoms with E-state index < -0.39 is 0 Å². The zero-order valence-corrected chi connectivity index (χ0v) is 12.2. The second-order valence-electron chi connectivity index (χ2n) is 5.69. The van der Waals surface area contributed by atoms with Crippen molar-refractivity contribution in [3.63, 3.8) is 0 Å². The van der Waals surface area contributed by atoms with E-state index in [-0.39, 0.29) is 10.6 Å². The van der Waals surface area contributed by atoms with E-state index in [4.69, 9.17) is 0 Å². The lowest BCUT2D eigenvalue weighted by Gasteiger charge is -2.28. The van der Waals surface area contributed by atoms with Gasteiger partial charge < -0.3 is 10.6 Å². The van der Waals surface area contributed by atoms with Crippen molar-refractivity contribution in [3.8, 4) is 0 Å². The summed E-state index contributed by atoms with van der Waals surface area (Å²) in [6.07, 6.45) is 6.26. The van der Waals surface area contributed by atoms with Crippen LogP contribution in [0.1, 0.15) is 39.0 Å². The molecule has 1 aromatic rings. The van der Waals surface area contributed by atoms with Crippen molar-refractivity contribution in [2.24, 2.45) is 5.41 Å². The van der Waals surface area contributed by atoms with Crippen molar-refractivity contribution < 1.29 is 4.92 Å². The molecule has 110 valence electrons. The van der Waals surface area contributed by atoms with Gasteiger partial charge in [-0.25, -0.2) is 0 Å². The van der Waals surface area contributed by atoms with Crippen LogP contribution in [0.3, 0.4) is 0 Å². The van der Waals surface area contributed by atoms with Crippen LogP contribution in [0.15, 0.2) is 18.2 Å². The number of nitrogens with zero attached hydrogens (tertiary/aromatic N) is 1. The largest absolute Gasteiger partial charge is 0.388 e. The van der Waals surface area contributed by atoms with Crippen molar-refractivity contribution in [3.05, 3.63) is 28.3 Å². The van der Waals surface area contributed by atoms with E-state index in [0.29, 0.717) is 5.41 Å². The molecule has 0 aromatic heterocycles. The Morgan fingerprint density at radius 3 is 2.45 bits per heavy atom. The highest BCUT2D eigenvalue weighted by molar-refractivity contribution is 5.63. The lowest BCUT2D eigenvalue weighted by Crippen LogP contribution is -2.25. The van der Waals surface area contributed by atoms with Crippen LogP contribution >= 0.6 is 0 Å². The van der Waals surface area contributed by atoms with Gasteiger partial charge in [0, 0.05) is 37.1 Å². The lowest BCUT2D eigenvalue weighted by atomic mass is 9.83. The molecular formula is C15H23N3O2. The first-order valence-electron chi connectivity index (χ1n) is 7.30. The standard InChI is InChI=1S/C15H23N3O2/c1-3-15(6-4-5-7-15)11-17-13-8-12(16-2)9-14(10-13)18(19)20/h8-10,16-17H,3-7,11H2,1-2H3. The summed E-state index contributed by atoms with van der Waals surface area (Å²) >= 11 is 0. The van der Waals surface area contributed by atoms with E-state index in [2.05, 4.69) is 17.6 Å². The smallest absolute Gasteiger partial charge is 0.273 e. The van der Waals surface area contributed by atoms with Gasteiger partial charge in [-0.15, -0.1) is 0 Å². The van der Waals surface area contributed by atoms with Crippen LogP contribution in [0.5, 0.6) is 0 Å². The number of hydrogen-bond donors (Lipinski definition) is 2. The Hall–Kier alpha value is -1.78. The molecule has 1 saturated carbocycles.